The van der Waals surface area contributed by atoms with Crippen LogP contribution in [0.3, 0.4) is 0 Å². The minimum Gasteiger partial charge on any atom is -0.466 e. The molecule has 0 rings (SSSR count). The van der Waals surface area contributed by atoms with Gasteiger partial charge in [0.15, 0.2) is 0 Å². The zero-order valence-electron chi connectivity index (χ0n) is 10.3. The van der Waals surface area contributed by atoms with E-state index < -0.39 is 5.54 Å². The molecular formula is C12H25NO2. The van der Waals surface area contributed by atoms with Crippen LogP contribution in [-0.4, -0.2) is 18.1 Å². The molecule has 0 aromatic carbocycles. The van der Waals surface area contributed by atoms with Gasteiger partial charge in [0.25, 0.3) is 0 Å². The Kier molecular flexibility index (Phi) is 7.39. The maximum Gasteiger partial charge on any atom is 0.307 e. The van der Waals surface area contributed by atoms with Crippen molar-refractivity contribution in [2.45, 2.75) is 64.8 Å². The van der Waals surface area contributed by atoms with Gasteiger partial charge in [0.05, 0.1) is 13.0 Å². The fourth-order valence-corrected chi connectivity index (χ4v) is 1.59. The Morgan fingerprint density at radius 1 is 1.27 bits per heavy atom. The van der Waals surface area contributed by atoms with Gasteiger partial charge in [-0.25, -0.2) is 0 Å². The van der Waals surface area contributed by atoms with Gasteiger partial charge in [0.2, 0.25) is 0 Å². The normalized spacial score (nSPS) is 14.7. The van der Waals surface area contributed by atoms with Crippen molar-refractivity contribution in [1.82, 2.24) is 0 Å². The molecule has 0 radical (unpaired) electrons. The SMILES string of the molecule is CCCCCCC(C)(N)CC(=O)OCC. The average Bonchev–Trinajstić information content (AvgIpc) is 2.12. The number of carbonyl (C=O) groups excluding carboxylic acids is 1. The molecule has 0 spiro atoms. The summed E-state index contributed by atoms with van der Waals surface area (Å²) in [4.78, 5) is 11.2. The van der Waals surface area contributed by atoms with E-state index in [1.54, 1.807) is 0 Å². The predicted molar refractivity (Wildman–Crippen MR) is 62.6 cm³/mol. The monoisotopic (exact) mass is 215 g/mol. The number of unbranched alkanes of at least 4 members (excludes halogenated alkanes) is 3. The summed E-state index contributed by atoms with van der Waals surface area (Å²) in [5.41, 5.74) is 5.63. The molecule has 1 unspecified atom stereocenters. The molecule has 0 saturated carbocycles. The molecule has 0 aliphatic rings. The van der Waals surface area contributed by atoms with Crippen LogP contribution in [-0.2, 0) is 9.53 Å². The summed E-state index contributed by atoms with van der Waals surface area (Å²) in [6.07, 6.45) is 5.99. The summed E-state index contributed by atoms with van der Waals surface area (Å²) in [6, 6.07) is 0. The molecule has 0 aromatic rings. The van der Waals surface area contributed by atoms with E-state index in [1.165, 1.54) is 19.3 Å². The molecule has 0 amide bonds. The first-order chi connectivity index (χ1) is 7.02. The van der Waals surface area contributed by atoms with Gasteiger partial charge in [-0.2, -0.15) is 0 Å². The number of rotatable bonds is 8. The van der Waals surface area contributed by atoms with Crippen molar-refractivity contribution in [3.63, 3.8) is 0 Å². The lowest BCUT2D eigenvalue weighted by Gasteiger charge is -2.23. The van der Waals surface area contributed by atoms with Crippen LogP contribution in [0.25, 0.3) is 0 Å². The third-order valence-electron chi connectivity index (χ3n) is 2.45. The molecule has 0 aromatic heterocycles. The summed E-state index contributed by atoms with van der Waals surface area (Å²) in [7, 11) is 0. The number of carbonyl (C=O) groups is 1. The molecule has 0 fully saturated rings. The number of hydrogen-bond donors (Lipinski definition) is 1. The summed E-state index contributed by atoms with van der Waals surface area (Å²) >= 11 is 0. The topological polar surface area (TPSA) is 52.3 Å². The van der Waals surface area contributed by atoms with Gasteiger partial charge in [-0.3, -0.25) is 4.79 Å². The van der Waals surface area contributed by atoms with E-state index in [2.05, 4.69) is 6.92 Å². The number of ether oxygens (including phenoxy) is 1. The zero-order chi connectivity index (χ0) is 11.7. The standard InChI is InChI=1S/C12H25NO2/c1-4-6-7-8-9-12(3,13)10-11(14)15-5-2/h4-10,13H2,1-3H3. The highest BCUT2D eigenvalue weighted by Crippen LogP contribution is 2.16. The van der Waals surface area contributed by atoms with E-state index in [1.807, 2.05) is 13.8 Å². The van der Waals surface area contributed by atoms with E-state index in [0.29, 0.717) is 13.0 Å². The van der Waals surface area contributed by atoms with E-state index in [4.69, 9.17) is 10.5 Å². The van der Waals surface area contributed by atoms with Gasteiger partial charge in [0.1, 0.15) is 0 Å². The highest BCUT2D eigenvalue weighted by atomic mass is 16.5. The number of esters is 1. The smallest absolute Gasteiger partial charge is 0.307 e. The van der Waals surface area contributed by atoms with E-state index in [0.717, 1.165) is 12.8 Å². The first-order valence-corrected chi connectivity index (χ1v) is 5.96. The Balaban J connectivity index is 3.70. The van der Waals surface area contributed by atoms with E-state index in [9.17, 15) is 4.79 Å². The van der Waals surface area contributed by atoms with Gasteiger partial charge < -0.3 is 10.5 Å². The second-order valence-electron chi connectivity index (χ2n) is 4.45. The lowest BCUT2D eigenvalue weighted by atomic mass is 9.92. The third kappa shape index (κ3) is 8.43. The quantitative estimate of drug-likeness (QED) is 0.500. The Hall–Kier alpha value is -0.570. The lowest BCUT2D eigenvalue weighted by molar-refractivity contribution is -0.144. The van der Waals surface area contributed by atoms with Crippen molar-refractivity contribution in [1.29, 1.82) is 0 Å². The highest BCUT2D eigenvalue weighted by Gasteiger charge is 2.22. The molecule has 3 heteroatoms. The molecule has 0 aliphatic heterocycles. The summed E-state index contributed by atoms with van der Waals surface area (Å²) in [5, 5.41) is 0. The Morgan fingerprint density at radius 3 is 2.47 bits per heavy atom. The Morgan fingerprint density at radius 2 is 1.93 bits per heavy atom. The molecule has 1 atom stereocenters. The van der Waals surface area contributed by atoms with Crippen molar-refractivity contribution < 1.29 is 9.53 Å². The van der Waals surface area contributed by atoms with Crippen molar-refractivity contribution in [2.24, 2.45) is 5.73 Å². The maximum atomic E-state index is 11.2. The molecule has 3 nitrogen and oxygen atoms in total. The largest absolute Gasteiger partial charge is 0.466 e. The number of nitrogens with two attached hydrogens (primary N) is 1. The molecular weight excluding hydrogens is 190 g/mol. The first-order valence-electron chi connectivity index (χ1n) is 5.96. The Labute approximate surface area is 93.4 Å². The molecule has 0 heterocycles. The lowest BCUT2D eigenvalue weighted by Crippen LogP contribution is -2.38. The van der Waals surface area contributed by atoms with Crippen molar-refractivity contribution in [2.75, 3.05) is 6.61 Å². The van der Waals surface area contributed by atoms with Crippen LogP contribution >= 0.6 is 0 Å². The molecule has 0 aliphatic carbocycles. The van der Waals surface area contributed by atoms with Crippen LogP contribution in [0.4, 0.5) is 0 Å². The summed E-state index contributed by atoms with van der Waals surface area (Å²) in [6.45, 7) is 6.36. The van der Waals surface area contributed by atoms with E-state index >= 15 is 0 Å². The molecule has 2 N–H and O–H groups in total. The second kappa shape index (κ2) is 7.69. The molecule has 15 heavy (non-hydrogen) atoms. The first kappa shape index (κ1) is 14.4. The Bertz CT molecular complexity index is 178. The van der Waals surface area contributed by atoms with Crippen LogP contribution in [0.1, 0.15) is 59.3 Å². The van der Waals surface area contributed by atoms with Gasteiger partial charge in [0, 0.05) is 5.54 Å². The van der Waals surface area contributed by atoms with Crippen molar-refractivity contribution in [3.05, 3.63) is 0 Å². The minimum atomic E-state index is -0.403. The van der Waals surface area contributed by atoms with Crippen molar-refractivity contribution in [3.8, 4) is 0 Å². The maximum absolute atomic E-state index is 11.2. The molecule has 0 saturated heterocycles. The fourth-order valence-electron chi connectivity index (χ4n) is 1.59. The van der Waals surface area contributed by atoms with Gasteiger partial charge in [-0.1, -0.05) is 32.6 Å². The summed E-state index contributed by atoms with van der Waals surface area (Å²) in [5.74, 6) is -0.182. The van der Waals surface area contributed by atoms with Crippen LogP contribution in [0.2, 0.25) is 0 Å². The van der Waals surface area contributed by atoms with Crippen LogP contribution in [0.5, 0.6) is 0 Å². The highest BCUT2D eigenvalue weighted by molar-refractivity contribution is 5.70. The van der Waals surface area contributed by atoms with Crippen molar-refractivity contribution >= 4 is 5.97 Å². The summed E-state index contributed by atoms with van der Waals surface area (Å²) < 4.78 is 4.89. The zero-order valence-corrected chi connectivity index (χ0v) is 10.3. The van der Waals surface area contributed by atoms with Crippen LogP contribution in [0, 0.1) is 0 Å². The van der Waals surface area contributed by atoms with E-state index in [-0.39, 0.29) is 5.97 Å². The predicted octanol–water partition coefficient (Wildman–Crippen LogP) is 2.63. The van der Waals surface area contributed by atoms with Gasteiger partial charge in [-0.15, -0.1) is 0 Å². The fraction of sp³-hybridized carbons (Fsp3) is 0.917. The molecule has 90 valence electrons. The minimum absolute atomic E-state index is 0.182. The number of hydrogen-bond acceptors (Lipinski definition) is 3. The van der Waals surface area contributed by atoms with Gasteiger partial charge >= 0.3 is 5.97 Å². The second-order valence-corrected chi connectivity index (χ2v) is 4.45. The average molecular weight is 215 g/mol. The van der Waals surface area contributed by atoms with Gasteiger partial charge in [-0.05, 0) is 20.3 Å². The third-order valence-corrected chi connectivity index (χ3v) is 2.45. The molecule has 0 bridgehead atoms. The van der Waals surface area contributed by atoms with Crippen LogP contribution in [0.15, 0.2) is 0 Å². The van der Waals surface area contributed by atoms with Crippen LogP contribution < -0.4 is 5.73 Å².